The molecule has 0 heterocycles. The van der Waals surface area contributed by atoms with E-state index < -0.39 is 17.7 Å². The number of benzene rings is 2. The topological polar surface area (TPSA) is 76.7 Å². The number of halogens is 4. The molecule has 0 fully saturated rings. The highest BCUT2D eigenvalue weighted by atomic mass is 35.5. The van der Waals surface area contributed by atoms with Gasteiger partial charge in [-0.25, -0.2) is 4.79 Å². The molecule has 0 saturated heterocycles. The highest BCUT2D eigenvalue weighted by Crippen LogP contribution is 2.46. The quantitative estimate of drug-likeness (QED) is 0.372. The van der Waals surface area contributed by atoms with Gasteiger partial charge in [0.1, 0.15) is 0 Å². The summed E-state index contributed by atoms with van der Waals surface area (Å²) in [6.07, 6.45) is 1.37. The van der Waals surface area contributed by atoms with E-state index in [4.69, 9.17) is 27.9 Å². The molecule has 1 atom stereocenters. The van der Waals surface area contributed by atoms with E-state index in [1.165, 1.54) is 13.2 Å². The molecule has 0 spiro atoms. The van der Waals surface area contributed by atoms with Crippen LogP contribution in [0.1, 0.15) is 23.1 Å². The minimum atomic E-state index is -3.16. The lowest BCUT2D eigenvalue weighted by molar-refractivity contribution is -0.161. The summed E-state index contributed by atoms with van der Waals surface area (Å²) in [6, 6.07) is 15.0. The maximum atomic E-state index is 13.2. The predicted octanol–water partition coefficient (Wildman–Crippen LogP) is 5.31. The Kier molecular flexibility index (Phi) is 8.66. The third-order valence-electron chi connectivity index (χ3n) is 5.00. The highest BCUT2D eigenvalue weighted by Gasteiger charge is 2.42. The Hall–Kier alpha value is -2.94. The zero-order chi connectivity index (χ0) is 24.7. The second-order valence-corrected chi connectivity index (χ2v) is 8.44. The van der Waals surface area contributed by atoms with Gasteiger partial charge in [-0.15, -0.1) is 0 Å². The number of carbonyl (C=O) groups excluding carboxylic acids is 2. The summed E-state index contributed by atoms with van der Waals surface area (Å²) in [7, 11) is 1.32. The van der Waals surface area contributed by atoms with Gasteiger partial charge in [-0.1, -0.05) is 77.8 Å². The van der Waals surface area contributed by atoms with Gasteiger partial charge >= 0.3 is 18.6 Å². The van der Waals surface area contributed by atoms with Crippen LogP contribution in [0.5, 0.6) is 0 Å². The fourth-order valence-electron chi connectivity index (χ4n) is 3.45. The summed E-state index contributed by atoms with van der Waals surface area (Å²) in [5.74, 6) is -0.347. The Bertz CT molecular complexity index is 1090. The molecule has 2 amide bonds. The van der Waals surface area contributed by atoms with Gasteiger partial charge in [0.05, 0.1) is 18.6 Å². The summed E-state index contributed by atoms with van der Waals surface area (Å²) in [5.41, 5.74) is 2.50. The number of methoxy groups -OCH3 is 1. The third-order valence-corrected chi connectivity index (χ3v) is 5.71. The first kappa shape index (κ1) is 25.7. The van der Waals surface area contributed by atoms with Gasteiger partial charge in [-0.2, -0.15) is 8.78 Å². The molecule has 2 aromatic carbocycles. The van der Waals surface area contributed by atoms with Crippen molar-refractivity contribution < 1.29 is 27.8 Å². The molecular weight excluding hydrogens is 489 g/mol. The molecule has 3 rings (SSSR count). The molecule has 1 aliphatic carbocycles. The van der Waals surface area contributed by atoms with Gasteiger partial charge in [0, 0.05) is 24.2 Å². The average molecular weight is 511 g/mol. The molecule has 0 saturated carbocycles. The number of esters is 1. The normalized spacial score (nSPS) is 17.9. The van der Waals surface area contributed by atoms with E-state index in [2.05, 4.69) is 15.4 Å². The van der Waals surface area contributed by atoms with Crippen molar-refractivity contribution in [3.8, 4) is 0 Å². The van der Waals surface area contributed by atoms with Crippen LogP contribution in [-0.4, -0.2) is 30.8 Å². The molecular formula is C24H22Cl2F2N2O4. The molecule has 180 valence electrons. The second-order valence-electron chi connectivity index (χ2n) is 7.42. The Morgan fingerprint density at radius 3 is 2.35 bits per heavy atom. The molecule has 1 unspecified atom stereocenters. The number of amides is 2. The SMILES string of the molecule is COC(=O)Cc1ccc(CNC(=O)NC2=CC(Cl)=C(c3ccccc3)C(Cl)(OC(F)F)C2)cc1. The van der Waals surface area contributed by atoms with Crippen molar-refractivity contribution in [3.63, 3.8) is 0 Å². The monoisotopic (exact) mass is 510 g/mol. The first-order chi connectivity index (χ1) is 16.2. The van der Waals surface area contributed by atoms with Crippen LogP contribution in [0, 0.1) is 0 Å². The molecule has 0 radical (unpaired) electrons. The van der Waals surface area contributed by atoms with Crippen LogP contribution in [0.3, 0.4) is 0 Å². The van der Waals surface area contributed by atoms with Crippen molar-refractivity contribution in [1.82, 2.24) is 10.6 Å². The zero-order valence-corrected chi connectivity index (χ0v) is 19.6. The van der Waals surface area contributed by atoms with Gasteiger partial charge in [0.25, 0.3) is 0 Å². The molecule has 2 aromatic rings. The van der Waals surface area contributed by atoms with Crippen molar-refractivity contribution in [2.75, 3.05) is 7.11 Å². The molecule has 1 aliphatic rings. The van der Waals surface area contributed by atoms with Crippen LogP contribution in [0.25, 0.3) is 5.57 Å². The van der Waals surface area contributed by atoms with Crippen molar-refractivity contribution in [2.45, 2.75) is 31.1 Å². The average Bonchev–Trinajstić information content (AvgIpc) is 2.78. The molecule has 0 aliphatic heterocycles. The summed E-state index contributed by atoms with van der Waals surface area (Å²) >= 11 is 12.9. The number of rotatable bonds is 8. The molecule has 2 N–H and O–H groups in total. The molecule has 10 heteroatoms. The van der Waals surface area contributed by atoms with E-state index in [1.807, 2.05) is 0 Å². The summed E-state index contributed by atoms with van der Waals surface area (Å²) < 4.78 is 35.7. The Morgan fingerprint density at radius 1 is 1.09 bits per heavy atom. The number of urea groups is 1. The Balaban J connectivity index is 1.68. The maximum Gasteiger partial charge on any atom is 0.347 e. The van der Waals surface area contributed by atoms with E-state index in [0.717, 1.165) is 11.1 Å². The molecule has 34 heavy (non-hydrogen) atoms. The molecule has 0 aromatic heterocycles. The van der Waals surface area contributed by atoms with Crippen molar-refractivity contribution in [3.05, 3.63) is 88.1 Å². The highest BCUT2D eigenvalue weighted by molar-refractivity contribution is 6.39. The number of hydrogen-bond donors (Lipinski definition) is 2. The number of hydrogen-bond acceptors (Lipinski definition) is 4. The molecule has 6 nitrogen and oxygen atoms in total. The number of carbonyl (C=O) groups is 2. The van der Waals surface area contributed by atoms with E-state index in [1.54, 1.807) is 54.6 Å². The number of allylic oxidation sites excluding steroid dienone is 2. The van der Waals surface area contributed by atoms with Gasteiger partial charge in [0.2, 0.25) is 0 Å². The molecule has 0 bridgehead atoms. The summed E-state index contributed by atoms with van der Waals surface area (Å²) in [5, 5.41) is 3.36. The smallest absolute Gasteiger partial charge is 0.347 e. The fourth-order valence-corrected chi connectivity index (χ4v) is 4.32. The van der Waals surface area contributed by atoms with Crippen molar-refractivity contribution in [1.29, 1.82) is 0 Å². The first-order valence-corrected chi connectivity index (χ1v) is 11.0. The van der Waals surface area contributed by atoms with Crippen LogP contribution in [0.2, 0.25) is 0 Å². The lowest BCUT2D eigenvalue weighted by Crippen LogP contribution is -2.40. The fraction of sp³-hybridized carbons (Fsp3) is 0.250. The maximum absolute atomic E-state index is 13.2. The van der Waals surface area contributed by atoms with Gasteiger partial charge in [-0.05, 0) is 22.8 Å². The van der Waals surface area contributed by atoms with Crippen LogP contribution < -0.4 is 10.6 Å². The first-order valence-electron chi connectivity index (χ1n) is 10.2. The number of ether oxygens (including phenoxy) is 2. The standard InChI is InChI=1S/C24H22Cl2F2N2O4/c1-33-20(31)11-15-7-9-16(10-8-15)14-29-23(32)30-18-12-19(25)21(17-5-3-2-4-6-17)24(26,13-18)34-22(27)28/h2-10,12,22H,11,13-14H2,1H3,(H2,29,30,32). The zero-order valence-electron chi connectivity index (χ0n) is 18.1. The largest absolute Gasteiger partial charge is 0.469 e. The number of nitrogens with one attached hydrogen (secondary N) is 2. The Morgan fingerprint density at radius 2 is 1.74 bits per heavy atom. The third kappa shape index (κ3) is 6.79. The van der Waals surface area contributed by atoms with E-state index in [9.17, 15) is 18.4 Å². The van der Waals surface area contributed by atoms with E-state index in [-0.39, 0.29) is 41.7 Å². The van der Waals surface area contributed by atoms with Gasteiger partial charge in [0.15, 0.2) is 5.06 Å². The second kappa shape index (κ2) is 11.5. The van der Waals surface area contributed by atoms with Crippen LogP contribution in [0.15, 0.2) is 71.4 Å². The summed E-state index contributed by atoms with van der Waals surface area (Å²) in [6.45, 7) is -2.97. The lowest BCUT2D eigenvalue weighted by atomic mass is 9.92. The lowest BCUT2D eigenvalue weighted by Gasteiger charge is -2.34. The predicted molar refractivity (Wildman–Crippen MR) is 125 cm³/mol. The number of alkyl halides is 3. The summed E-state index contributed by atoms with van der Waals surface area (Å²) in [4.78, 5) is 23.7. The van der Waals surface area contributed by atoms with Crippen LogP contribution >= 0.6 is 23.2 Å². The van der Waals surface area contributed by atoms with Crippen LogP contribution in [0.4, 0.5) is 13.6 Å². The minimum Gasteiger partial charge on any atom is -0.469 e. The van der Waals surface area contributed by atoms with Crippen LogP contribution in [-0.2, 0) is 27.2 Å². The van der Waals surface area contributed by atoms with Crippen molar-refractivity contribution >= 4 is 40.8 Å². The van der Waals surface area contributed by atoms with Crippen molar-refractivity contribution in [2.24, 2.45) is 0 Å². The van der Waals surface area contributed by atoms with E-state index >= 15 is 0 Å². The van der Waals surface area contributed by atoms with Gasteiger partial charge in [-0.3, -0.25) is 9.53 Å². The van der Waals surface area contributed by atoms with Gasteiger partial charge < -0.3 is 15.4 Å². The van der Waals surface area contributed by atoms with E-state index in [0.29, 0.717) is 5.56 Å². The minimum absolute atomic E-state index is 0.0737. The Labute approximate surface area is 205 Å².